The molecule has 1 amide bonds. The summed E-state index contributed by atoms with van der Waals surface area (Å²) >= 11 is 0. The van der Waals surface area contributed by atoms with E-state index in [1.54, 1.807) is 48.9 Å². The highest BCUT2D eigenvalue weighted by atomic mass is 16.5. The number of ether oxygens (including phenoxy) is 1. The van der Waals surface area contributed by atoms with Gasteiger partial charge in [0.15, 0.2) is 0 Å². The standard InChI is InChI=1S/C21H22N4O3/c26-19-12-15(14-25-10-4-9-23-25)11-18(19)24-21(27)17-6-1-2-7-20(17)28-16-5-3-8-22-13-16/h1-10,13,15,18-19,26H,11-12,14H2,(H,24,27)/t15?,18-,19-/m1/s1. The van der Waals surface area contributed by atoms with E-state index in [9.17, 15) is 9.90 Å². The third-order valence-electron chi connectivity index (χ3n) is 4.94. The quantitative estimate of drug-likeness (QED) is 0.688. The van der Waals surface area contributed by atoms with Gasteiger partial charge in [-0.1, -0.05) is 12.1 Å². The first kappa shape index (κ1) is 18.2. The fraction of sp³-hybridized carbons (Fsp3) is 0.286. The summed E-state index contributed by atoms with van der Waals surface area (Å²) in [5, 5.41) is 17.6. The smallest absolute Gasteiger partial charge is 0.255 e. The van der Waals surface area contributed by atoms with Crippen molar-refractivity contribution in [3.63, 3.8) is 0 Å². The van der Waals surface area contributed by atoms with Crippen molar-refractivity contribution in [3.05, 3.63) is 72.8 Å². The number of pyridine rings is 1. The van der Waals surface area contributed by atoms with Gasteiger partial charge in [0.25, 0.3) is 5.91 Å². The van der Waals surface area contributed by atoms with Crippen LogP contribution >= 0.6 is 0 Å². The Morgan fingerprint density at radius 3 is 2.86 bits per heavy atom. The maximum absolute atomic E-state index is 12.8. The van der Waals surface area contributed by atoms with E-state index in [0.717, 1.165) is 6.54 Å². The van der Waals surface area contributed by atoms with Crippen molar-refractivity contribution in [1.29, 1.82) is 0 Å². The number of hydrogen-bond acceptors (Lipinski definition) is 5. The molecule has 1 fully saturated rings. The summed E-state index contributed by atoms with van der Waals surface area (Å²) in [5.41, 5.74) is 0.425. The van der Waals surface area contributed by atoms with Crippen LogP contribution in [0, 0.1) is 5.92 Å². The third-order valence-corrected chi connectivity index (χ3v) is 4.94. The Morgan fingerprint density at radius 2 is 2.07 bits per heavy atom. The molecule has 0 radical (unpaired) electrons. The third kappa shape index (κ3) is 4.20. The largest absolute Gasteiger partial charge is 0.455 e. The number of benzene rings is 1. The lowest BCUT2D eigenvalue weighted by Crippen LogP contribution is -2.40. The van der Waals surface area contributed by atoms with Gasteiger partial charge in [0.1, 0.15) is 11.5 Å². The van der Waals surface area contributed by atoms with Crippen molar-refractivity contribution in [2.75, 3.05) is 0 Å². The molecule has 0 spiro atoms. The maximum atomic E-state index is 12.8. The fourth-order valence-electron chi connectivity index (χ4n) is 3.62. The molecule has 4 rings (SSSR count). The van der Waals surface area contributed by atoms with Crippen molar-refractivity contribution in [2.24, 2.45) is 5.92 Å². The summed E-state index contributed by atoms with van der Waals surface area (Å²) < 4.78 is 7.68. The minimum atomic E-state index is -0.573. The average molecular weight is 378 g/mol. The number of rotatable bonds is 6. The molecular weight excluding hydrogens is 356 g/mol. The molecule has 0 aliphatic heterocycles. The van der Waals surface area contributed by atoms with Gasteiger partial charge in [0.2, 0.25) is 0 Å². The second kappa shape index (κ2) is 8.22. The number of amides is 1. The van der Waals surface area contributed by atoms with Crippen molar-refractivity contribution < 1.29 is 14.6 Å². The number of carbonyl (C=O) groups is 1. The van der Waals surface area contributed by atoms with Crippen LogP contribution in [0.3, 0.4) is 0 Å². The molecule has 3 atom stereocenters. The number of para-hydroxylation sites is 1. The first-order valence-corrected chi connectivity index (χ1v) is 9.32. The molecule has 1 unspecified atom stereocenters. The van der Waals surface area contributed by atoms with E-state index >= 15 is 0 Å². The van der Waals surface area contributed by atoms with Crippen LogP contribution < -0.4 is 10.1 Å². The number of nitrogens with one attached hydrogen (secondary N) is 1. The summed E-state index contributed by atoms with van der Waals surface area (Å²) in [6.07, 6.45) is 7.67. The Hall–Kier alpha value is -3.19. The molecule has 3 aromatic rings. The van der Waals surface area contributed by atoms with E-state index in [4.69, 9.17) is 4.74 Å². The molecule has 1 aliphatic carbocycles. The first-order valence-electron chi connectivity index (χ1n) is 9.32. The molecule has 0 saturated heterocycles. The van der Waals surface area contributed by atoms with E-state index in [2.05, 4.69) is 15.4 Å². The molecule has 1 saturated carbocycles. The van der Waals surface area contributed by atoms with Crippen LogP contribution in [-0.4, -0.2) is 37.9 Å². The lowest BCUT2D eigenvalue weighted by atomic mass is 10.1. The second-order valence-electron chi connectivity index (χ2n) is 7.00. The zero-order valence-corrected chi connectivity index (χ0v) is 15.3. The van der Waals surface area contributed by atoms with E-state index in [1.165, 1.54) is 0 Å². The summed E-state index contributed by atoms with van der Waals surface area (Å²) in [6, 6.07) is 12.2. The molecule has 7 heteroatoms. The average Bonchev–Trinajstić information content (AvgIpc) is 3.33. The molecule has 2 aromatic heterocycles. The Morgan fingerprint density at radius 1 is 1.18 bits per heavy atom. The van der Waals surface area contributed by atoms with Crippen LogP contribution in [0.15, 0.2) is 67.3 Å². The molecule has 28 heavy (non-hydrogen) atoms. The molecule has 144 valence electrons. The van der Waals surface area contributed by atoms with E-state index in [-0.39, 0.29) is 17.9 Å². The molecule has 2 heterocycles. The Kier molecular flexibility index (Phi) is 5.34. The number of carbonyl (C=O) groups excluding carboxylic acids is 1. The van der Waals surface area contributed by atoms with Crippen LogP contribution in [0.1, 0.15) is 23.2 Å². The highest BCUT2D eigenvalue weighted by Crippen LogP contribution is 2.29. The van der Waals surface area contributed by atoms with Gasteiger partial charge in [-0.05, 0) is 49.1 Å². The molecule has 1 aromatic carbocycles. The predicted octanol–water partition coefficient (Wildman–Crippen LogP) is 2.64. The van der Waals surface area contributed by atoms with Gasteiger partial charge in [0, 0.05) is 25.1 Å². The van der Waals surface area contributed by atoms with E-state index < -0.39 is 6.10 Å². The van der Waals surface area contributed by atoms with Gasteiger partial charge in [-0.3, -0.25) is 14.5 Å². The SMILES string of the molecule is O=C(N[C@@H]1CC(Cn2cccn2)C[C@H]1O)c1ccccc1Oc1cccnc1. The van der Waals surface area contributed by atoms with E-state index in [0.29, 0.717) is 29.9 Å². The summed E-state index contributed by atoms with van der Waals surface area (Å²) in [7, 11) is 0. The summed E-state index contributed by atoms with van der Waals surface area (Å²) in [5.74, 6) is 1.02. The van der Waals surface area contributed by atoms with Crippen molar-refractivity contribution >= 4 is 5.91 Å². The van der Waals surface area contributed by atoms with E-state index in [1.807, 2.05) is 23.0 Å². The number of nitrogens with zero attached hydrogens (tertiary/aromatic N) is 3. The van der Waals surface area contributed by atoms with Gasteiger partial charge in [-0.2, -0.15) is 5.10 Å². The minimum Gasteiger partial charge on any atom is -0.455 e. The van der Waals surface area contributed by atoms with Crippen molar-refractivity contribution in [3.8, 4) is 11.5 Å². The lowest BCUT2D eigenvalue weighted by Gasteiger charge is -2.18. The highest BCUT2D eigenvalue weighted by Gasteiger charge is 2.34. The van der Waals surface area contributed by atoms with Gasteiger partial charge in [0.05, 0.1) is 23.9 Å². The summed E-state index contributed by atoms with van der Waals surface area (Å²) in [6.45, 7) is 0.733. The molecule has 1 aliphatic rings. The molecule has 0 bridgehead atoms. The van der Waals surface area contributed by atoms with Gasteiger partial charge in [-0.25, -0.2) is 0 Å². The zero-order chi connectivity index (χ0) is 19.3. The molecule has 2 N–H and O–H groups in total. The molecule has 7 nitrogen and oxygen atoms in total. The van der Waals surface area contributed by atoms with Gasteiger partial charge in [-0.15, -0.1) is 0 Å². The number of aromatic nitrogens is 3. The lowest BCUT2D eigenvalue weighted by molar-refractivity contribution is 0.0870. The van der Waals surface area contributed by atoms with Crippen molar-refractivity contribution in [1.82, 2.24) is 20.1 Å². The van der Waals surface area contributed by atoms with Crippen LogP contribution in [0.2, 0.25) is 0 Å². The Balaban J connectivity index is 1.42. The Labute approximate surface area is 163 Å². The minimum absolute atomic E-state index is 0.261. The number of aliphatic hydroxyl groups is 1. The number of hydrogen-bond donors (Lipinski definition) is 2. The van der Waals surface area contributed by atoms with Crippen LogP contribution in [0.25, 0.3) is 0 Å². The fourth-order valence-corrected chi connectivity index (χ4v) is 3.62. The molecular formula is C21H22N4O3. The maximum Gasteiger partial charge on any atom is 0.255 e. The normalized spacial score (nSPS) is 21.4. The summed E-state index contributed by atoms with van der Waals surface area (Å²) in [4.78, 5) is 16.9. The van der Waals surface area contributed by atoms with Crippen LogP contribution in [-0.2, 0) is 6.54 Å². The second-order valence-corrected chi connectivity index (χ2v) is 7.00. The highest BCUT2D eigenvalue weighted by molar-refractivity contribution is 5.97. The topological polar surface area (TPSA) is 89.3 Å². The monoisotopic (exact) mass is 378 g/mol. The van der Waals surface area contributed by atoms with Crippen LogP contribution in [0.4, 0.5) is 0 Å². The van der Waals surface area contributed by atoms with Crippen molar-refractivity contribution in [2.45, 2.75) is 31.5 Å². The van der Waals surface area contributed by atoms with Gasteiger partial charge >= 0.3 is 0 Å². The Bertz CT molecular complexity index is 914. The van der Waals surface area contributed by atoms with Gasteiger partial charge < -0.3 is 15.2 Å². The zero-order valence-electron chi connectivity index (χ0n) is 15.3. The first-order chi connectivity index (χ1) is 13.7. The predicted molar refractivity (Wildman–Crippen MR) is 103 cm³/mol. The number of aliphatic hydroxyl groups excluding tert-OH is 1. The van der Waals surface area contributed by atoms with Crippen LogP contribution in [0.5, 0.6) is 11.5 Å².